The number of hydrogen-bond acceptors (Lipinski definition) is 7. The zero-order valence-corrected chi connectivity index (χ0v) is 28.2. The molecular formula is C36H33F3N4O6S. The number of carbonyl (C=O) groups is 1. The highest BCUT2D eigenvalue weighted by molar-refractivity contribution is 7.88. The van der Waals surface area contributed by atoms with Crippen molar-refractivity contribution in [2.45, 2.75) is 46.0 Å². The Morgan fingerprint density at radius 2 is 1.78 bits per heavy atom. The smallest absolute Gasteiger partial charge is 0.335 e. The largest absolute Gasteiger partial charge is 0.478 e. The second kappa shape index (κ2) is 12.5. The van der Waals surface area contributed by atoms with Crippen LogP contribution in [0.4, 0.5) is 13.2 Å². The van der Waals surface area contributed by atoms with Gasteiger partial charge in [0.05, 0.1) is 42.3 Å². The number of imidazole rings is 1. The van der Waals surface area contributed by atoms with Crippen molar-refractivity contribution in [3.05, 3.63) is 112 Å². The minimum absolute atomic E-state index is 0.0307. The molecule has 3 aromatic carbocycles. The van der Waals surface area contributed by atoms with E-state index in [4.69, 9.17) is 9.47 Å². The van der Waals surface area contributed by atoms with Crippen LogP contribution in [0.2, 0.25) is 0 Å². The van der Waals surface area contributed by atoms with E-state index >= 15 is 13.2 Å². The molecule has 10 nitrogen and oxygen atoms in total. The van der Waals surface area contributed by atoms with E-state index in [2.05, 4.69) is 9.97 Å². The third kappa shape index (κ3) is 6.34. The van der Waals surface area contributed by atoms with E-state index in [0.717, 1.165) is 34.9 Å². The summed E-state index contributed by atoms with van der Waals surface area (Å²) in [4.78, 5) is 20.6. The summed E-state index contributed by atoms with van der Waals surface area (Å²) in [7, 11) is -3.32. The first-order chi connectivity index (χ1) is 23.7. The van der Waals surface area contributed by atoms with Gasteiger partial charge < -0.3 is 19.1 Å². The van der Waals surface area contributed by atoms with Crippen LogP contribution in [-0.4, -0.2) is 57.8 Å². The van der Waals surface area contributed by atoms with Crippen LogP contribution in [0.5, 0.6) is 5.88 Å². The maximum absolute atomic E-state index is 15.8. The third-order valence-corrected chi connectivity index (χ3v) is 10.5. The van der Waals surface area contributed by atoms with E-state index in [0.29, 0.717) is 13.2 Å². The van der Waals surface area contributed by atoms with Gasteiger partial charge >= 0.3 is 5.97 Å². The van der Waals surface area contributed by atoms with Gasteiger partial charge in [-0.25, -0.2) is 36.4 Å². The van der Waals surface area contributed by atoms with E-state index in [-0.39, 0.29) is 77.3 Å². The van der Waals surface area contributed by atoms with E-state index in [1.165, 1.54) is 22.7 Å². The second-order valence-electron chi connectivity index (χ2n) is 13.4. The molecule has 1 N–H and O–H groups in total. The summed E-state index contributed by atoms with van der Waals surface area (Å²) in [6, 6.07) is 14.3. The van der Waals surface area contributed by atoms with Gasteiger partial charge in [0.25, 0.3) is 0 Å². The highest BCUT2D eigenvalue weighted by Crippen LogP contribution is 2.41. The summed E-state index contributed by atoms with van der Waals surface area (Å²) in [6.45, 7) is 5.28. The van der Waals surface area contributed by atoms with Crippen molar-refractivity contribution in [2.75, 3.05) is 19.5 Å². The standard InChI is InChI=1S/C36H33F3N4O6S/c1-36(2)19-48-18-31(36)43-30-12-23(35(44)45)11-28(39)34(30)41-32(43)13-22-10-27(38)25(14-26(22)37)29-5-4-6-33(40-29)49-17-20-7-8-21-15-42(50(3,46)47)16-24(21)9-20/h4-12,14,31H,13,15-19H2,1-3H3,(H,44,45)/t31-/m1/s1. The molecule has 2 aromatic heterocycles. The van der Waals surface area contributed by atoms with E-state index in [1.807, 2.05) is 32.0 Å². The van der Waals surface area contributed by atoms with Crippen LogP contribution in [0.3, 0.4) is 0 Å². The maximum atomic E-state index is 15.8. The molecule has 50 heavy (non-hydrogen) atoms. The lowest BCUT2D eigenvalue weighted by molar-refractivity contribution is 0.0696. The fourth-order valence-electron chi connectivity index (χ4n) is 6.61. The molecule has 0 saturated carbocycles. The molecule has 1 atom stereocenters. The molecule has 0 bridgehead atoms. The monoisotopic (exact) mass is 706 g/mol. The number of benzene rings is 3. The molecule has 2 aliphatic rings. The number of pyridine rings is 1. The molecule has 0 spiro atoms. The van der Waals surface area contributed by atoms with Crippen molar-refractivity contribution in [1.29, 1.82) is 0 Å². The second-order valence-corrected chi connectivity index (χ2v) is 15.4. The van der Waals surface area contributed by atoms with Gasteiger partial charge in [-0.15, -0.1) is 0 Å². The lowest BCUT2D eigenvalue weighted by Gasteiger charge is -2.28. The Hall–Kier alpha value is -4.79. The molecule has 1 fully saturated rings. The predicted molar refractivity (Wildman–Crippen MR) is 178 cm³/mol. The van der Waals surface area contributed by atoms with E-state index in [1.54, 1.807) is 16.7 Å². The van der Waals surface area contributed by atoms with Crippen molar-refractivity contribution >= 4 is 27.0 Å². The molecule has 7 rings (SSSR count). The number of aromatic carboxylic acids is 1. The predicted octanol–water partition coefficient (Wildman–Crippen LogP) is 6.26. The zero-order valence-electron chi connectivity index (χ0n) is 27.4. The van der Waals surface area contributed by atoms with Crippen LogP contribution in [0.15, 0.2) is 60.7 Å². The van der Waals surface area contributed by atoms with Gasteiger partial charge in [-0.05, 0) is 52.6 Å². The minimum atomic E-state index is -3.32. The molecule has 1 saturated heterocycles. The van der Waals surface area contributed by atoms with Gasteiger partial charge in [0.2, 0.25) is 15.9 Å². The summed E-state index contributed by atoms with van der Waals surface area (Å²) < 4.78 is 85.2. The van der Waals surface area contributed by atoms with Crippen LogP contribution in [0.1, 0.15) is 58.3 Å². The summed E-state index contributed by atoms with van der Waals surface area (Å²) in [6.07, 6.45) is 0.974. The summed E-state index contributed by atoms with van der Waals surface area (Å²) in [5, 5.41) is 9.57. The Bertz CT molecular complexity index is 2290. The van der Waals surface area contributed by atoms with Crippen LogP contribution in [0.25, 0.3) is 22.3 Å². The van der Waals surface area contributed by atoms with Crippen LogP contribution >= 0.6 is 0 Å². The van der Waals surface area contributed by atoms with Crippen molar-refractivity contribution < 1.29 is 41.0 Å². The SMILES string of the molecule is CC1(C)COC[C@H]1n1c(Cc2cc(F)c(-c3cccc(OCc4ccc5c(c4)CN(S(C)(=O)=O)C5)n3)cc2F)nc2c(F)cc(C(=O)O)cc21. The summed E-state index contributed by atoms with van der Waals surface area (Å²) >= 11 is 0. The zero-order chi connectivity index (χ0) is 35.5. The highest BCUT2D eigenvalue weighted by atomic mass is 32.2. The van der Waals surface area contributed by atoms with Gasteiger partial charge in [0, 0.05) is 36.6 Å². The Morgan fingerprint density at radius 3 is 2.50 bits per heavy atom. The molecule has 0 unspecified atom stereocenters. The summed E-state index contributed by atoms with van der Waals surface area (Å²) in [5.41, 5.74) is 2.10. The van der Waals surface area contributed by atoms with E-state index < -0.39 is 38.9 Å². The van der Waals surface area contributed by atoms with Crippen LogP contribution in [0, 0.1) is 22.9 Å². The minimum Gasteiger partial charge on any atom is -0.478 e. The molecule has 0 radical (unpaired) electrons. The number of carboxylic acids is 1. The highest BCUT2D eigenvalue weighted by Gasteiger charge is 2.39. The van der Waals surface area contributed by atoms with Crippen molar-refractivity contribution in [3.8, 4) is 17.1 Å². The lowest BCUT2D eigenvalue weighted by atomic mass is 9.87. The topological polar surface area (TPSA) is 124 Å². The molecule has 0 amide bonds. The van der Waals surface area contributed by atoms with E-state index in [9.17, 15) is 18.3 Å². The average Bonchev–Trinajstić information content (AvgIpc) is 3.75. The molecule has 14 heteroatoms. The number of ether oxygens (including phenoxy) is 2. The molecule has 2 aliphatic heterocycles. The van der Waals surface area contributed by atoms with Gasteiger partial charge in [0.1, 0.15) is 29.6 Å². The average molecular weight is 707 g/mol. The Kier molecular flexibility index (Phi) is 8.43. The lowest BCUT2D eigenvalue weighted by Crippen LogP contribution is -2.27. The molecule has 5 aromatic rings. The molecule has 260 valence electrons. The quantitative estimate of drug-likeness (QED) is 0.191. The number of rotatable bonds is 9. The summed E-state index contributed by atoms with van der Waals surface area (Å²) in [5.74, 6) is -3.20. The third-order valence-electron chi connectivity index (χ3n) is 9.34. The Balaban J connectivity index is 1.15. The molecule has 0 aliphatic carbocycles. The number of hydrogen-bond donors (Lipinski definition) is 1. The van der Waals surface area contributed by atoms with Gasteiger partial charge in [-0.1, -0.05) is 38.1 Å². The van der Waals surface area contributed by atoms with Crippen LogP contribution < -0.4 is 4.74 Å². The number of fused-ring (bicyclic) bond motifs is 2. The van der Waals surface area contributed by atoms with Crippen LogP contribution in [-0.2, 0) is 40.9 Å². The van der Waals surface area contributed by atoms with Crippen molar-refractivity contribution in [2.24, 2.45) is 5.41 Å². The van der Waals surface area contributed by atoms with Gasteiger partial charge in [-0.3, -0.25) is 0 Å². The normalized spacial score (nSPS) is 17.4. The Labute approximate surface area is 286 Å². The number of sulfonamides is 1. The first-order valence-corrected chi connectivity index (χ1v) is 17.7. The molecular weight excluding hydrogens is 673 g/mol. The fraction of sp³-hybridized carbons (Fsp3) is 0.306. The first kappa shape index (κ1) is 33.7. The number of halogens is 3. The van der Waals surface area contributed by atoms with Gasteiger partial charge in [-0.2, -0.15) is 4.31 Å². The fourth-order valence-corrected chi connectivity index (χ4v) is 7.36. The molecule has 4 heterocycles. The number of carboxylic acid groups (broad SMARTS) is 1. The number of aromatic nitrogens is 3. The van der Waals surface area contributed by atoms with Crippen molar-refractivity contribution in [3.63, 3.8) is 0 Å². The van der Waals surface area contributed by atoms with Gasteiger partial charge in [0.15, 0.2) is 5.82 Å². The Morgan fingerprint density at radius 1 is 1.00 bits per heavy atom. The maximum Gasteiger partial charge on any atom is 0.335 e. The number of nitrogens with zero attached hydrogens (tertiary/aromatic N) is 4. The first-order valence-electron chi connectivity index (χ1n) is 15.8. The van der Waals surface area contributed by atoms with Crippen molar-refractivity contribution in [1.82, 2.24) is 18.8 Å².